The molecule has 0 radical (unpaired) electrons. The third-order valence-corrected chi connectivity index (χ3v) is 7.06. The fourth-order valence-corrected chi connectivity index (χ4v) is 4.95. The van der Waals surface area contributed by atoms with Crippen molar-refractivity contribution in [2.45, 2.75) is 69.6 Å². The van der Waals surface area contributed by atoms with Crippen molar-refractivity contribution in [2.75, 3.05) is 6.61 Å². The lowest BCUT2D eigenvalue weighted by Crippen LogP contribution is -2.70. The summed E-state index contributed by atoms with van der Waals surface area (Å²) in [5.74, 6) is 1.74. The van der Waals surface area contributed by atoms with E-state index in [1.165, 1.54) is 0 Å². The van der Waals surface area contributed by atoms with E-state index in [1.54, 1.807) is 0 Å². The number of ether oxygens (including phenoxy) is 2. The Morgan fingerprint density at radius 1 is 0.917 bits per heavy atom. The third-order valence-electron chi connectivity index (χ3n) is 7.06. The molecule has 3 saturated carbocycles. The molecule has 0 N–H and O–H groups in total. The Balaban J connectivity index is 1.28. The lowest BCUT2D eigenvalue weighted by molar-refractivity contribution is -0.187. The first kappa shape index (κ1) is 15.1. The van der Waals surface area contributed by atoms with Gasteiger partial charge in [-0.05, 0) is 59.1 Å². The van der Waals surface area contributed by atoms with Crippen LogP contribution in [-0.4, -0.2) is 31.0 Å². The number of hydrogen-bond acceptors (Lipinski definition) is 4. The number of para-hydroxylation sites is 2. The van der Waals surface area contributed by atoms with Gasteiger partial charge in [-0.2, -0.15) is 0 Å². The molecule has 0 amide bonds. The number of benzene rings is 1. The second-order valence-electron chi connectivity index (χ2n) is 9.21. The number of fused-ring (bicyclic) bond motifs is 1. The molecule has 3 aliphatic carbocycles. The monoisotopic (exact) mass is 328 g/mol. The number of hydrogen-bond donors (Lipinski definition) is 0. The van der Waals surface area contributed by atoms with Crippen molar-refractivity contribution in [3.63, 3.8) is 0 Å². The second-order valence-corrected chi connectivity index (χ2v) is 9.21. The summed E-state index contributed by atoms with van der Waals surface area (Å²) in [5, 5.41) is 0.186. The minimum absolute atomic E-state index is 0.0822. The summed E-state index contributed by atoms with van der Waals surface area (Å²) >= 11 is 0. The van der Waals surface area contributed by atoms with Gasteiger partial charge in [0.05, 0.1) is 11.2 Å². The molecule has 0 aromatic heterocycles. The molecule has 6 rings (SSSR count). The van der Waals surface area contributed by atoms with Gasteiger partial charge in [0.15, 0.2) is 11.5 Å². The van der Waals surface area contributed by atoms with Crippen LogP contribution in [0.5, 0.6) is 11.5 Å². The van der Waals surface area contributed by atoms with Gasteiger partial charge in [-0.1, -0.05) is 12.1 Å². The molecule has 1 aromatic rings. The van der Waals surface area contributed by atoms with Gasteiger partial charge in [0.25, 0.3) is 0 Å². The third kappa shape index (κ3) is 1.77. The minimum Gasteiger partial charge on any atom is -0.486 e. The molecule has 2 bridgehead atoms. The van der Waals surface area contributed by atoms with E-state index >= 15 is 0 Å². The van der Waals surface area contributed by atoms with Crippen LogP contribution in [0.3, 0.4) is 0 Å². The van der Waals surface area contributed by atoms with Crippen LogP contribution in [0.2, 0.25) is 5.31 Å². The van der Waals surface area contributed by atoms with Gasteiger partial charge < -0.3 is 18.8 Å². The molecule has 128 valence electrons. The van der Waals surface area contributed by atoms with Gasteiger partial charge >= 0.3 is 7.12 Å². The van der Waals surface area contributed by atoms with Crippen LogP contribution in [0.4, 0.5) is 0 Å². The predicted octanol–water partition coefficient (Wildman–Crippen LogP) is 3.84. The summed E-state index contributed by atoms with van der Waals surface area (Å²) < 4.78 is 24.8. The van der Waals surface area contributed by atoms with E-state index in [0.717, 1.165) is 30.8 Å². The molecule has 2 heterocycles. The molecular weight excluding hydrogens is 303 g/mol. The van der Waals surface area contributed by atoms with Crippen molar-refractivity contribution >= 4 is 7.12 Å². The van der Waals surface area contributed by atoms with Gasteiger partial charge in [0.2, 0.25) is 0 Å². The lowest BCUT2D eigenvalue weighted by atomic mass is 9.23. The number of rotatable bonds is 2. The average molecular weight is 328 g/mol. The Bertz CT molecular complexity index is 663. The first-order valence-corrected chi connectivity index (χ1v) is 9.00. The van der Waals surface area contributed by atoms with Crippen LogP contribution in [0.25, 0.3) is 0 Å². The molecule has 24 heavy (non-hydrogen) atoms. The Morgan fingerprint density at radius 3 is 2.12 bits per heavy atom. The smallest absolute Gasteiger partial charge is 0.464 e. The molecule has 1 atom stereocenters. The van der Waals surface area contributed by atoms with Crippen LogP contribution >= 0.6 is 0 Å². The first-order valence-electron chi connectivity index (χ1n) is 9.00. The highest BCUT2D eigenvalue weighted by atomic mass is 16.7. The van der Waals surface area contributed by atoms with Gasteiger partial charge in [-0.25, -0.2) is 0 Å². The van der Waals surface area contributed by atoms with Crippen LogP contribution in [0.1, 0.15) is 47.0 Å². The molecule has 1 saturated heterocycles. The van der Waals surface area contributed by atoms with E-state index in [1.807, 2.05) is 24.3 Å². The summed E-state index contributed by atoms with van der Waals surface area (Å²) in [7, 11) is -0.0822. The molecule has 4 fully saturated rings. The standard InChI is InChI=1S/C19H25BO4/c1-16(2)17(3,4)24-20(23-16)19-10-18(11-19,12-19)15-9-21-13-7-5-6-8-14(13)22-15/h5-8,15H,9-12H2,1-4H3. The maximum absolute atomic E-state index is 6.30. The molecule has 1 aromatic carbocycles. The average Bonchev–Trinajstić information content (AvgIpc) is 2.64. The van der Waals surface area contributed by atoms with Crippen LogP contribution in [-0.2, 0) is 9.31 Å². The van der Waals surface area contributed by atoms with Crippen LogP contribution < -0.4 is 9.47 Å². The summed E-state index contributed by atoms with van der Waals surface area (Å²) in [6.07, 6.45) is 3.50. The van der Waals surface area contributed by atoms with E-state index in [2.05, 4.69) is 27.7 Å². The molecule has 5 heteroatoms. The fourth-order valence-electron chi connectivity index (χ4n) is 4.95. The Kier molecular flexibility index (Phi) is 2.71. The second kappa shape index (κ2) is 4.31. The Hall–Kier alpha value is -1.20. The molecule has 2 aliphatic heterocycles. The maximum atomic E-state index is 6.30. The maximum Gasteiger partial charge on any atom is 0.464 e. The fraction of sp³-hybridized carbons (Fsp3) is 0.684. The zero-order valence-corrected chi connectivity index (χ0v) is 14.9. The van der Waals surface area contributed by atoms with Crippen LogP contribution in [0.15, 0.2) is 24.3 Å². The summed E-state index contributed by atoms with van der Waals surface area (Å²) in [6, 6.07) is 7.95. The molecule has 4 nitrogen and oxygen atoms in total. The van der Waals surface area contributed by atoms with E-state index < -0.39 is 0 Å². The molecule has 0 spiro atoms. The van der Waals surface area contributed by atoms with Gasteiger partial charge in [-0.15, -0.1) is 0 Å². The van der Waals surface area contributed by atoms with E-state index in [9.17, 15) is 0 Å². The van der Waals surface area contributed by atoms with Crippen molar-refractivity contribution in [1.29, 1.82) is 0 Å². The largest absolute Gasteiger partial charge is 0.486 e. The van der Waals surface area contributed by atoms with Crippen molar-refractivity contribution in [2.24, 2.45) is 5.41 Å². The van der Waals surface area contributed by atoms with E-state index in [-0.39, 0.29) is 35.2 Å². The lowest BCUT2D eigenvalue weighted by Gasteiger charge is -2.72. The Morgan fingerprint density at radius 2 is 1.50 bits per heavy atom. The van der Waals surface area contributed by atoms with Gasteiger partial charge in [0.1, 0.15) is 12.7 Å². The van der Waals surface area contributed by atoms with Crippen molar-refractivity contribution in [3.8, 4) is 11.5 Å². The van der Waals surface area contributed by atoms with E-state index in [4.69, 9.17) is 18.8 Å². The normalized spacial score (nSPS) is 40.7. The van der Waals surface area contributed by atoms with Crippen LogP contribution in [0, 0.1) is 5.41 Å². The summed E-state index contributed by atoms with van der Waals surface area (Å²) in [5.41, 5.74) is -0.246. The highest BCUT2D eigenvalue weighted by molar-refractivity contribution is 6.51. The topological polar surface area (TPSA) is 36.9 Å². The molecular formula is C19H25BO4. The summed E-state index contributed by atoms with van der Waals surface area (Å²) in [4.78, 5) is 0. The van der Waals surface area contributed by atoms with Crippen molar-refractivity contribution in [3.05, 3.63) is 24.3 Å². The highest BCUT2D eigenvalue weighted by Gasteiger charge is 2.79. The Labute approximate surface area is 143 Å². The SMILES string of the molecule is CC1(C)OB(C23CC(C4COc5ccccc5O4)(C2)C3)OC1(C)C. The quantitative estimate of drug-likeness (QED) is 0.773. The van der Waals surface area contributed by atoms with Gasteiger partial charge in [-0.3, -0.25) is 0 Å². The van der Waals surface area contributed by atoms with Crippen molar-refractivity contribution in [1.82, 2.24) is 0 Å². The van der Waals surface area contributed by atoms with E-state index in [0.29, 0.717) is 6.61 Å². The van der Waals surface area contributed by atoms with Gasteiger partial charge in [0, 0.05) is 10.7 Å². The zero-order chi connectivity index (χ0) is 16.8. The summed E-state index contributed by atoms with van der Waals surface area (Å²) in [6.45, 7) is 9.16. The zero-order valence-electron chi connectivity index (χ0n) is 14.9. The van der Waals surface area contributed by atoms with Crippen molar-refractivity contribution < 1.29 is 18.8 Å². The molecule has 5 aliphatic rings. The minimum atomic E-state index is -0.246. The molecule has 1 unspecified atom stereocenters. The highest BCUT2D eigenvalue weighted by Crippen LogP contribution is 2.82. The predicted molar refractivity (Wildman–Crippen MR) is 91.4 cm³/mol. The first-order chi connectivity index (χ1) is 11.3.